The molecule has 0 aliphatic heterocycles. The number of aromatic nitrogens is 4. The number of aromatic amines is 1. The zero-order valence-electron chi connectivity index (χ0n) is 15.9. The Labute approximate surface area is 163 Å². The molecule has 1 aromatic carbocycles. The van der Waals surface area contributed by atoms with Gasteiger partial charge in [-0.1, -0.05) is 6.92 Å². The van der Waals surface area contributed by atoms with Crippen LogP contribution < -0.4 is 0 Å². The zero-order chi connectivity index (χ0) is 19.1. The quantitative estimate of drug-likeness (QED) is 0.499. The highest BCUT2D eigenvalue weighted by molar-refractivity contribution is 5.82. The van der Waals surface area contributed by atoms with E-state index in [0.717, 1.165) is 53.6 Å². The summed E-state index contributed by atoms with van der Waals surface area (Å²) in [7, 11) is 0. The van der Waals surface area contributed by atoms with E-state index < -0.39 is 0 Å². The van der Waals surface area contributed by atoms with Crippen molar-refractivity contribution in [1.29, 1.82) is 0 Å². The molecule has 1 fully saturated rings. The Morgan fingerprint density at radius 2 is 1.89 bits per heavy atom. The number of pyridine rings is 2. The molecule has 28 heavy (non-hydrogen) atoms. The summed E-state index contributed by atoms with van der Waals surface area (Å²) in [6, 6.07) is 10.9. The van der Waals surface area contributed by atoms with Gasteiger partial charge in [0.2, 0.25) is 0 Å². The highest BCUT2D eigenvalue weighted by Crippen LogP contribution is 2.42. The summed E-state index contributed by atoms with van der Waals surface area (Å²) in [5.74, 6) is 2.28. The molecule has 0 amide bonds. The number of fused-ring (bicyclic) bond motifs is 2. The maximum Gasteiger partial charge on any atom is 0.177 e. The predicted octanol–water partition coefficient (Wildman–Crippen LogP) is 5.72. The van der Waals surface area contributed by atoms with Crippen LogP contribution in [0.25, 0.3) is 22.1 Å². The first-order valence-corrected chi connectivity index (χ1v) is 10.0. The van der Waals surface area contributed by atoms with Crippen LogP contribution in [0.5, 0.6) is 0 Å². The molecule has 4 aromatic rings. The van der Waals surface area contributed by atoms with Crippen molar-refractivity contribution in [1.82, 2.24) is 19.9 Å². The van der Waals surface area contributed by atoms with Crippen molar-refractivity contribution in [3.63, 3.8) is 0 Å². The lowest BCUT2D eigenvalue weighted by molar-refractivity contribution is 0.286. The number of hydrogen-bond acceptors (Lipinski definition) is 3. The van der Waals surface area contributed by atoms with Gasteiger partial charge in [-0.3, -0.25) is 4.98 Å². The molecule has 1 saturated carbocycles. The van der Waals surface area contributed by atoms with Crippen molar-refractivity contribution in [2.24, 2.45) is 5.92 Å². The Kier molecular flexibility index (Phi) is 4.30. The lowest BCUT2D eigenvalue weighted by atomic mass is 9.73. The number of benzene rings is 1. The van der Waals surface area contributed by atoms with Gasteiger partial charge in [0.25, 0.3) is 0 Å². The van der Waals surface area contributed by atoms with Gasteiger partial charge >= 0.3 is 0 Å². The number of nitrogens with one attached hydrogen (secondary N) is 1. The van der Waals surface area contributed by atoms with Crippen LogP contribution in [-0.4, -0.2) is 19.9 Å². The number of halogens is 1. The van der Waals surface area contributed by atoms with Crippen LogP contribution >= 0.6 is 0 Å². The number of imidazole rings is 1. The van der Waals surface area contributed by atoms with Crippen LogP contribution in [0, 0.1) is 11.7 Å². The molecule has 0 bridgehead atoms. The molecular weight excluding hydrogens is 351 g/mol. The first-order valence-electron chi connectivity index (χ1n) is 10.0. The van der Waals surface area contributed by atoms with Crippen LogP contribution in [0.2, 0.25) is 0 Å². The normalized spacial score (nSPS) is 21.2. The van der Waals surface area contributed by atoms with Crippen molar-refractivity contribution in [3.8, 4) is 0 Å². The standard InChI is InChI=1S/C23H23FN4/c1-14(22-27-21-3-2-11-26-23(21)28-22)15-4-6-16(7-5-15)18-10-12-25-20-9-8-17(24)13-19(18)20/h2-3,8-16H,4-7H2,1H3,(H,26,27,28)/t14-,15?,16?/m1/s1. The highest BCUT2D eigenvalue weighted by atomic mass is 19.1. The minimum absolute atomic E-state index is 0.192. The largest absolute Gasteiger partial charge is 0.340 e. The molecule has 0 saturated heterocycles. The van der Waals surface area contributed by atoms with Crippen LogP contribution in [0.3, 0.4) is 0 Å². The number of rotatable bonds is 3. The summed E-state index contributed by atoms with van der Waals surface area (Å²) >= 11 is 0. The lowest BCUT2D eigenvalue weighted by Gasteiger charge is -2.32. The van der Waals surface area contributed by atoms with Gasteiger partial charge in [0.15, 0.2) is 5.65 Å². The van der Waals surface area contributed by atoms with Crippen molar-refractivity contribution >= 4 is 22.1 Å². The third-order valence-electron chi connectivity index (χ3n) is 6.36. The molecule has 5 heteroatoms. The summed E-state index contributed by atoms with van der Waals surface area (Å²) in [6.45, 7) is 2.26. The zero-order valence-corrected chi connectivity index (χ0v) is 15.9. The number of hydrogen-bond donors (Lipinski definition) is 1. The van der Waals surface area contributed by atoms with Gasteiger partial charge in [-0.25, -0.2) is 14.4 Å². The number of H-pyrrole nitrogens is 1. The molecule has 1 N–H and O–H groups in total. The van der Waals surface area contributed by atoms with E-state index in [1.807, 2.05) is 18.3 Å². The fourth-order valence-electron chi connectivity index (χ4n) is 4.73. The average Bonchev–Trinajstić information content (AvgIpc) is 3.17. The Hall–Kier alpha value is -2.82. The molecule has 1 aliphatic carbocycles. The summed E-state index contributed by atoms with van der Waals surface area (Å²) in [5.41, 5.74) is 3.92. The summed E-state index contributed by atoms with van der Waals surface area (Å²) in [6.07, 6.45) is 8.16. The van der Waals surface area contributed by atoms with Gasteiger partial charge in [0.1, 0.15) is 11.6 Å². The molecule has 5 rings (SSSR count). The predicted molar refractivity (Wildman–Crippen MR) is 109 cm³/mol. The van der Waals surface area contributed by atoms with Gasteiger partial charge in [-0.15, -0.1) is 0 Å². The molecule has 142 valence electrons. The van der Waals surface area contributed by atoms with E-state index in [-0.39, 0.29) is 5.82 Å². The van der Waals surface area contributed by atoms with Gasteiger partial charge in [0, 0.05) is 23.7 Å². The SMILES string of the molecule is C[C@@H](c1nc2ncccc2[nH]1)C1CCC(c2ccnc3ccc(F)cc23)CC1. The molecule has 0 unspecified atom stereocenters. The van der Waals surface area contributed by atoms with Crippen molar-refractivity contribution < 1.29 is 4.39 Å². The second-order valence-electron chi connectivity index (χ2n) is 7.96. The Morgan fingerprint density at radius 3 is 2.71 bits per heavy atom. The molecule has 0 spiro atoms. The maximum absolute atomic E-state index is 13.8. The van der Waals surface area contributed by atoms with E-state index in [4.69, 9.17) is 4.98 Å². The Morgan fingerprint density at radius 1 is 1.04 bits per heavy atom. The van der Waals surface area contributed by atoms with Crippen molar-refractivity contribution in [3.05, 3.63) is 66.0 Å². The Bertz CT molecular complexity index is 1090. The summed E-state index contributed by atoms with van der Waals surface area (Å²) in [4.78, 5) is 16.9. The summed E-state index contributed by atoms with van der Waals surface area (Å²) in [5, 5.41) is 0.961. The molecular formula is C23H23FN4. The van der Waals surface area contributed by atoms with Gasteiger partial charge in [-0.05, 0) is 79.5 Å². The third-order valence-corrected chi connectivity index (χ3v) is 6.36. The second-order valence-corrected chi connectivity index (χ2v) is 7.96. The van der Waals surface area contributed by atoms with E-state index in [0.29, 0.717) is 17.8 Å². The minimum atomic E-state index is -0.192. The fourth-order valence-corrected chi connectivity index (χ4v) is 4.73. The fraction of sp³-hybridized carbons (Fsp3) is 0.348. The van der Waals surface area contributed by atoms with E-state index >= 15 is 0 Å². The Balaban J connectivity index is 1.34. The maximum atomic E-state index is 13.8. The van der Waals surface area contributed by atoms with Crippen LogP contribution in [0.4, 0.5) is 4.39 Å². The third kappa shape index (κ3) is 3.05. The molecule has 1 atom stereocenters. The van der Waals surface area contributed by atoms with Crippen molar-refractivity contribution in [2.45, 2.75) is 44.4 Å². The van der Waals surface area contributed by atoms with E-state index in [2.05, 4.69) is 27.9 Å². The monoisotopic (exact) mass is 374 g/mol. The van der Waals surface area contributed by atoms with Gasteiger partial charge < -0.3 is 4.98 Å². The number of nitrogens with zero attached hydrogens (tertiary/aromatic N) is 3. The van der Waals surface area contributed by atoms with Crippen LogP contribution in [0.15, 0.2) is 48.8 Å². The molecule has 3 aromatic heterocycles. The first kappa shape index (κ1) is 17.3. The van der Waals surface area contributed by atoms with E-state index in [9.17, 15) is 4.39 Å². The van der Waals surface area contributed by atoms with Gasteiger partial charge in [-0.2, -0.15) is 0 Å². The molecule has 0 radical (unpaired) electrons. The lowest BCUT2D eigenvalue weighted by Crippen LogP contribution is -2.19. The molecule has 4 nitrogen and oxygen atoms in total. The summed E-state index contributed by atoms with van der Waals surface area (Å²) < 4.78 is 13.8. The molecule has 3 heterocycles. The first-order chi connectivity index (χ1) is 13.7. The topological polar surface area (TPSA) is 54.5 Å². The van der Waals surface area contributed by atoms with E-state index in [1.165, 1.54) is 11.6 Å². The van der Waals surface area contributed by atoms with Crippen LogP contribution in [-0.2, 0) is 0 Å². The smallest absolute Gasteiger partial charge is 0.177 e. The van der Waals surface area contributed by atoms with Crippen LogP contribution in [0.1, 0.15) is 55.8 Å². The average molecular weight is 374 g/mol. The second kappa shape index (κ2) is 6.97. The van der Waals surface area contributed by atoms with E-state index in [1.54, 1.807) is 18.3 Å². The minimum Gasteiger partial charge on any atom is -0.340 e. The van der Waals surface area contributed by atoms with Gasteiger partial charge in [0.05, 0.1) is 11.0 Å². The highest BCUT2D eigenvalue weighted by Gasteiger charge is 2.29. The molecule has 1 aliphatic rings. The van der Waals surface area contributed by atoms with Crippen molar-refractivity contribution in [2.75, 3.05) is 0 Å².